The minimum Gasteiger partial charge on any atom is -0.495 e. The number of anilines is 1. The van der Waals surface area contributed by atoms with Crippen molar-refractivity contribution in [2.75, 3.05) is 25.6 Å². The number of aryl methyl sites for hydroxylation is 2. The van der Waals surface area contributed by atoms with Crippen LogP contribution in [0.25, 0.3) is 0 Å². The first-order valence-corrected chi connectivity index (χ1v) is 11.8. The highest BCUT2D eigenvalue weighted by Gasteiger charge is 2.23. The Labute approximate surface area is 189 Å². The van der Waals surface area contributed by atoms with Gasteiger partial charge in [0.15, 0.2) is 0 Å². The smallest absolute Gasteiger partial charge is 0.258 e. The molecule has 0 aliphatic carbocycles. The summed E-state index contributed by atoms with van der Waals surface area (Å²) in [6, 6.07) is 19.8. The van der Waals surface area contributed by atoms with Crippen molar-refractivity contribution in [2.45, 2.75) is 25.2 Å². The van der Waals surface area contributed by atoms with E-state index in [1.165, 1.54) is 24.1 Å². The number of nitrogens with zero attached hydrogens (tertiary/aromatic N) is 1. The van der Waals surface area contributed by atoms with Gasteiger partial charge in [0.2, 0.25) is 10.0 Å². The monoisotopic (exact) mass is 452 g/mol. The van der Waals surface area contributed by atoms with E-state index >= 15 is 0 Å². The molecule has 0 bridgehead atoms. The molecule has 7 heteroatoms. The molecule has 3 aromatic carbocycles. The van der Waals surface area contributed by atoms with Crippen molar-refractivity contribution in [1.29, 1.82) is 0 Å². The molecule has 0 atom stereocenters. The van der Waals surface area contributed by atoms with Crippen molar-refractivity contribution < 1.29 is 17.9 Å². The topological polar surface area (TPSA) is 75.7 Å². The van der Waals surface area contributed by atoms with Gasteiger partial charge in [0.05, 0.1) is 7.11 Å². The van der Waals surface area contributed by atoms with E-state index in [1.54, 1.807) is 13.1 Å². The van der Waals surface area contributed by atoms with Gasteiger partial charge in [-0.2, -0.15) is 0 Å². The molecule has 0 aliphatic rings. The number of ether oxygens (including phenoxy) is 1. The average molecular weight is 453 g/mol. The van der Waals surface area contributed by atoms with Crippen LogP contribution >= 0.6 is 0 Å². The molecule has 1 amide bonds. The van der Waals surface area contributed by atoms with Crippen molar-refractivity contribution in [2.24, 2.45) is 0 Å². The number of benzene rings is 3. The number of carbonyl (C=O) groups excluding carboxylic acids is 1. The highest BCUT2D eigenvalue weighted by molar-refractivity contribution is 7.89. The molecule has 0 saturated heterocycles. The summed E-state index contributed by atoms with van der Waals surface area (Å²) in [4.78, 5) is 14.5. The standard InChI is InChI=1S/C25H28N2O4S/c1-18-10-12-22(16-19(18)2)27(3)25(28)21-11-13-23(31-4)24(17-21)32(29,30)26-15-14-20-8-6-5-7-9-20/h5-13,16-17,26H,14-15H2,1-4H3. The Kier molecular flexibility index (Phi) is 7.33. The van der Waals surface area contributed by atoms with Gasteiger partial charge in [-0.15, -0.1) is 0 Å². The van der Waals surface area contributed by atoms with Gasteiger partial charge in [0.25, 0.3) is 5.91 Å². The Morgan fingerprint density at radius 2 is 1.69 bits per heavy atom. The van der Waals surface area contributed by atoms with E-state index in [1.807, 2.05) is 62.4 Å². The van der Waals surface area contributed by atoms with Crippen LogP contribution in [-0.4, -0.2) is 35.0 Å². The van der Waals surface area contributed by atoms with E-state index in [4.69, 9.17) is 4.74 Å². The van der Waals surface area contributed by atoms with Gasteiger partial charge in [0, 0.05) is 24.8 Å². The fourth-order valence-corrected chi connectivity index (χ4v) is 4.54. The Morgan fingerprint density at radius 3 is 2.34 bits per heavy atom. The van der Waals surface area contributed by atoms with Gasteiger partial charge in [0.1, 0.15) is 10.6 Å². The lowest BCUT2D eigenvalue weighted by molar-refractivity contribution is 0.0992. The summed E-state index contributed by atoms with van der Waals surface area (Å²) >= 11 is 0. The Morgan fingerprint density at radius 1 is 0.969 bits per heavy atom. The molecule has 3 aromatic rings. The lowest BCUT2D eigenvalue weighted by Gasteiger charge is -2.19. The molecule has 3 rings (SSSR count). The molecule has 0 radical (unpaired) electrons. The molecule has 0 aromatic heterocycles. The highest BCUT2D eigenvalue weighted by atomic mass is 32.2. The largest absolute Gasteiger partial charge is 0.495 e. The number of sulfonamides is 1. The van der Waals surface area contributed by atoms with Gasteiger partial charge < -0.3 is 9.64 Å². The molecule has 32 heavy (non-hydrogen) atoms. The number of methoxy groups -OCH3 is 1. The number of hydrogen-bond acceptors (Lipinski definition) is 4. The maximum atomic E-state index is 13.1. The van der Waals surface area contributed by atoms with Gasteiger partial charge in [-0.25, -0.2) is 13.1 Å². The summed E-state index contributed by atoms with van der Waals surface area (Å²) in [5, 5.41) is 0. The van der Waals surface area contributed by atoms with Crippen LogP contribution in [0.5, 0.6) is 5.75 Å². The molecule has 1 N–H and O–H groups in total. The van der Waals surface area contributed by atoms with E-state index < -0.39 is 10.0 Å². The van der Waals surface area contributed by atoms with E-state index in [-0.39, 0.29) is 28.7 Å². The second-order valence-electron chi connectivity index (χ2n) is 7.63. The molecular weight excluding hydrogens is 424 g/mol. The first-order valence-electron chi connectivity index (χ1n) is 10.3. The molecule has 0 spiro atoms. The van der Waals surface area contributed by atoms with Crippen molar-refractivity contribution in [3.8, 4) is 5.75 Å². The number of amides is 1. The third-order valence-corrected chi connectivity index (χ3v) is 6.91. The van der Waals surface area contributed by atoms with Gasteiger partial charge in [-0.1, -0.05) is 36.4 Å². The lowest BCUT2D eigenvalue weighted by Crippen LogP contribution is -2.28. The lowest BCUT2D eigenvalue weighted by atomic mass is 10.1. The van der Waals surface area contributed by atoms with Crippen LogP contribution in [0, 0.1) is 13.8 Å². The molecular formula is C25H28N2O4S. The number of nitrogens with one attached hydrogen (secondary N) is 1. The maximum Gasteiger partial charge on any atom is 0.258 e. The van der Waals surface area contributed by atoms with Crippen molar-refractivity contribution in [3.05, 3.63) is 89.0 Å². The normalized spacial score (nSPS) is 11.2. The van der Waals surface area contributed by atoms with Gasteiger partial charge in [-0.05, 0) is 67.3 Å². The summed E-state index contributed by atoms with van der Waals surface area (Å²) in [7, 11) is -0.804. The summed E-state index contributed by atoms with van der Waals surface area (Å²) < 4.78 is 33.8. The fraction of sp³-hybridized carbons (Fsp3) is 0.240. The summed E-state index contributed by atoms with van der Waals surface area (Å²) in [5.41, 5.74) is 4.23. The predicted octanol–water partition coefficient (Wildman–Crippen LogP) is 4.11. The van der Waals surface area contributed by atoms with Gasteiger partial charge >= 0.3 is 0 Å². The van der Waals surface area contributed by atoms with Crippen molar-refractivity contribution >= 4 is 21.6 Å². The van der Waals surface area contributed by atoms with E-state index in [0.29, 0.717) is 6.42 Å². The highest BCUT2D eigenvalue weighted by Crippen LogP contribution is 2.27. The molecule has 0 aliphatic heterocycles. The van der Waals surface area contributed by atoms with Crippen LogP contribution in [0.2, 0.25) is 0 Å². The molecule has 168 valence electrons. The minimum atomic E-state index is -3.88. The van der Waals surface area contributed by atoms with Gasteiger partial charge in [-0.3, -0.25) is 4.79 Å². The Balaban J connectivity index is 1.83. The number of hydrogen-bond donors (Lipinski definition) is 1. The molecule has 0 unspecified atom stereocenters. The fourth-order valence-electron chi connectivity index (χ4n) is 3.32. The van der Waals surface area contributed by atoms with Crippen LogP contribution in [0.15, 0.2) is 71.6 Å². The summed E-state index contributed by atoms with van der Waals surface area (Å²) in [6.45, 7) is 4.22. The zero-order chi connectivity index (χ0) is 23.3. The van der Waals surface area contributed by atoms with Crippen LogP contribution in [0.1, 0.15) is 27.0 Å². The van der Waals surface area contributed by atoms with E-state index in [0.717, 1.165) is 22.4 Å². The van der Waals surface area contributed by atoms with Crippen molar-refractivity contribution in [3.63, 3.8) is 0 Å². The van der Waals surface area contributed by atoms with Crippen LogP contribution in [0.4, 0.5) is 5.69 Å². The molecule has 0 saturated carbocycles. The minimum absolute atomic E-state index is 0.0626. The van der Waals surface area contributed by atoms with Crippen LogP contribution in [0.3, 0.4) is 0 Å². The number of carbonyl (C=O) groups is 1. The summed E-state index contributed by atoms with van der Waals surface area (Å²) in [6.07, 6.45) is 0.552. The Hall–Kier alpha value is -3.16. The zero-order valence-electron chi connectivity index (χ0n) is 18.8. The quantitative estimate of drug-likeness (QED) is 0.558. The second kappa shape index (κ2) is 9.97. The molecule has 6 nitrogen and oxygen atoms in total. The van der Waals surface area contributed by atoms with Crippen LogP contribution in [-0.2, 0) is 16.4 Å². The number of rotatable bonds is 8. The Bertz CT molecular complexity index is 1210. The summed E-state index contributed by atoms with van der Waals surface area (Å²) in [5.74, 6) is -0.126. The third kappa shape index (κ3) is 5.36. The second-order valence-corrected chi connectivity index (χ2v) is 9.37. The molecule has 0 fully saturated rings. The van der Waals surface area contributed by atoms with E-state index in [2.05, 4.69) is 4.72 Å². The van der Waals surface area contributed by atoms with Crippen LogP contribution < -0.4 is 14.4 Å². The maximum absolute atomic E-state index is 13.1. The third-order valence-electron chi connectivity index (χ3n) is 5.43. The zero-order valence-corrected chi connectivity index (χ0v) is 19.6. The van der Waals surface area contributed by atoms with E-state index in [9.17, 15) is 13.2 Å². The average Bonchev–Trinajstić information content (AvgIpc) is 2.80. The first-order chi connectivity index (χ1) is 15.2. The predicted molar refractivity (Wildman–Crippen MR) is 127 cm³/mol. The molecule has 0 heterocycles. The SMILES string of the molecule is COc1ccc(C(=O)N(C)c2ccc(C)c(C)c2)cc1S(=O)(=O)NCCc1ccccc1. The van der Waals surface area contributed by atoms with Crippen molar-refractivity contribution in [1.82, 2.24) is 4.72 Å². The first kappa shape index (κ1) is 23.5.